The number of rotatable bonds is 6. The molecule has 0 unspecified atom stereocenters. The minimum Gasteiger partial charge on any atom is -0.316 e. The summed E-state index contributed by atoms with van der Waals surface area (Å²) in [5, 5.41) is 3.44. The molecule has 0 fully saturated rings. The van der Waals surface area contributed by atoms with Crippen molar-refractivity contribution in [3.63, 3.8) is 0 Å². The van der Waals surface area contributed by atoms with Gasteiger partial charge in [-0.2, -0.15) is 0 Å². The van der Waals surface area contributed by atoms with Crippen molar-refractivity contribution in [1.82, 2.24) is 5.32 Å². The second-order valence-corrected chi connectivity index (χ2v) is 4.28. The van der Waals surface area contributed by atoms with Gasteiger partial charge in [0, 0.05) is 6.54 Å². The summed E-state index contributed by atoms with van der Waals surface area (Å²) in [6.07, 6.45) is 2.60. The lowest BCUT2D eigenvalue weighted by molar-refractivity contribution is 0.193. The van der Waals surface area contributed by atoms with Crippen LogP contribution < -0.4 is 5.32 Å². The maximum Gasteiger partial charge on any atom is 0.000505 e. The molecule has 0 rings (SSSR count). The van der Waals surface area contributed by atoms with Crippen LogP contribution in [0.25, 0.3) is 0 Å². The van der Waals surface area contributed by atoms with E-state index >= 15 is 0 Å². The summed E-state index contributed by atoms with van der Waals surface area (Å²) in [5.41, 5.74) is 0.458. The Morgan fingerprint density at radius 1 is 1.08 bits per heavy atom. The molecule has 0 saturated carbocycles. The molecule has 0 aliphatic heterocycles. The van der Waals surface area contributed by atoms with E-state index in [-0.39, 0.29) is 0 Å². The summed E-state index contributed by atoms with van der Waals surface area (Å²) < 4.78 is 0. The van der Waals surface area contributed by atoms with Crippen LogP contribution in [0.3, 0.4) is 0 Å². The highest BCUT2D eigenvalue weighted by atomic mass is 14.9. The monoisotopic (exact) mass is 171 g/mol. The van der Waals surface area contributed by atoms with Crippen LogP contribution in [0.5, 0.6) is 0 Å². The summed E-state index contributed by atoms with van der Waals surface area (Å²) in [7, 11) is 0. The normalized spacial score (nSPS) is 12.5. The van der Waals surface area contributed by atoms with Gasteiger partial charge in [0.2, 0.25) is 0 Å². The van der Waals surface area contributed by atoms with Gasteiger partial charge >= 0.3 is 0 Å². The van der Waals surface area contributed by atoms with Crippen molar-refractivity contribution in [2.24, 2.45) is 11.3 Å². The molecule has 12 heavy (non-hydrogen) atoms. The van der Waals surface area contributed by atoms with E-state index in [4.69, 9.17) is 0 Å². The molecule has 0 amide bonds. The molecule has 0 aliphatic carbocycles. The Morgan fingerprint density at radius 2 is 1.58 bits per heavy atom. The fourth-order valence-electron chi connectivity index (χ4n) is 1.99. The molecule has 0 heterocycles. The van der Waals surface area contributed by atoms with Crippen LogP contribution in [0.15, 0.2) is 0 Å². The Bertz CT molecular complexity index is 104. The van der Waals surface area contributed by atoms with Crippen LogP contribution in [-0.2, 0) is 0 Å². The molecular formula is C11H25N. The molecule has 0 aromatic carbocycles. The van der Waals surface area contributed by atoms with Crippen molar-refractivity contribution in [1.29, 1.82) is 0 Å². The van der Waals surface area contributed by atoms with Gasteiger partial charge < -0.3 is 5.32 Å². The maximum absolute atomic E-state index is 3.44. The van der Waals surface area contributed by atoms with E-state index in [0.29, 0.717) is 5.41 Å². The smallest absolute Gasteiger partial charge is 0.000505 e. The number of hydrogen-bond donors (Lipinski definition) is 1. The molecule has 1 nitrogen and oxygen atoms in total. The van der Waals surface area contributed by atoms with Crippen molar-refractivity contribution >= 4 is 0 Å². The maximum atomic E-state index is 3.44. The molecule has 0 bridgehead atoms. The molecule has 0 aliphatic rings. The average Bonchev–Trinajstić information content (AvgIpc) is 2.03. The van der Waals surface area contributed by atoms with Crippen LogP contribution in [-0.4, -0.2) is 13.1 Å². The third-order valence-electron chi connectivity index (χ3n) is 2.92. The molecular weight excluding hydrogens is 146 g/mol. The number of nitrogens with one attached hydrogen (secondary N) is 1. The van der Waals surface area contributed by atoms with Gasteiger partial charge in [0.25, 0.3) is 0 Å². The van der Waals surface area contributed by atoms with Crippen LogP contribution in [0.1, 0.15) is 47.5 Å². The van der Waals surface area contributed by atoms with Gasteiger partial charge in [-0.15, -0.1) is 0 Å². The summed E-state index contributed by atoms with van der Waals surface area (Å²) in [4.78, 5) is 0. The first-order chi connectivity index (χ1) is 5.58. The largest absolute Gasteiger partial charge is 0.316 e. The van der Waals surface area contributed by atoms with Crippen molar-refractivity contribution in [3.8, 4) is 0 Å². The fraction of sp³-hybridized carbons (Fsp3) is 1.00. The van der Waals surface area contributed by atoms with Gasteiger partial charge in [-0.3, -0.25) is 0 Å². The predicted molar refractivity (Wildman–Crippen MR) is 56.4 cm³/mol. The van der Waals surface area contributed by atoms with Crippen molar-refractivity contribution < 1.29 is 0 Å². The van der Waals surface area contributed by atoms with Crippen molar-refractivity contribution in [3.05, 3.63) is 0 Å². The second kappa shape index (κ2) is 5.58. The zero-order chi connectivity index (χ0) is 9.61. The van der Waals surface area contributed by atoms with E-state index in [0.717, 1.165) is 19.0 Å². The van der Waals surface area contributed by atoms with Gasteiger partial charge in [-0.1, -0.05) is 47.5 Å². The molecule has 1 heteroatoms. The van der Waals surface area contributed by atoms with E-state index in [1.54, 1.807) is 0 Å². The second-order valence-electron chi connectivity index (χ2n) is 4.28. The van der Waals surface area contributed by atoms with Gasteiger partial charge in [-0.25, -0.2) is 0 Å². The third kappa shape index (κ3) is 3.57. The molecule has 1 N–H and O–H groups in total. The average molecular weight is 171 g/mol. The SMILES string of the molecule is CCNCC(C)(C)C(CC)CC. The summed E-state index contributed by atoms with van der Waals surface area (Å²) in [6.45, 7) is 13.7. The Labute approximate surface area is 77.9 Å². The highest BCUT2D eigenvalue weighted by molar-refractivity contribution is 4.78. The Kier molecular flexibility index (Phi) is 5.56. The minimum absolute atomic E-state index is 0.458. The lowest BCUT2D eigenvalue weighted by Crippen LogP contribution is -2.35. The molecule has 0 aromatic rings. The molecule has 0 aromatic heterocycles. The van der Waals surface area contributed by atoms with Gasteiger partial charge in [0.1, 0.15) is 0 Å². The summed E-state index contributed by atoms with van der Waals surface area (Å²) in [6, 6.07) is 0. The van der Waals surface area contributed by atoms with Crippen LogP contribution in [0.2, 0.25) is 0 Å². The van der Waals surface area contributed by atoms with E-state index in [2.05, 4.69) is 39.9 Å². The molecule has 0 saturated heterocycles. The zero-order valence-corrected chi connectivity index (χ0v) is 9.41. The van der Waals surface area contributed by atoms with Crippen molar-refractivity contribution in [2.75, 3.05) is 13.1 Å². The zero-order valence-electron chi connectivity index (χ0n) is 9.41. The van der Waals surface area contributed by atoms with Gasteiger partial charge in [0.05, 0.1) is 0 Å². The van der Waals surface area contributed by atoms with Crippen LogP contribution in [0.4, 0.5) is 0 Å². The standard InChI is InChI=1S/C11H25N/c1-6-10(7-2)11(4,5)9-12-8-3/h10,12H,6-9H2,1-5H3. The van der Waals surface area contributed by atoms with Crippen LogP contribution in [0, 0.1) is 11.3 Å². The van der Waals surface area contributed by atoms with Gasteiger partial charge in [0.15, 0.2) is 0 Å². The molecule has 0 spiro atoms. The first-order valence-electron chi connectivity index (χ1n) is 5.29. The lowest BCUT2D eigenvalue weighted by Gasteiger charge is -2.33. The lowest BCUT2D eigenvalue weighted by atomic mass is 9.76. The van der Waals surface area contributed by atoms with Crippen LogP contribution >= 0.6 is 0 Å². The summed E-state index contributed by atoms with van der Waals surface area (Å²) in [5.74, 6) is 0.858. The minimum atomic E-state index is 0.458. The first kappa shape index (κ1) is 12.0. The highest BCUT2D eigenvalue weighted by Gasteiger charge is 2.25. The molecule has 74 valence electrons. The van der Waals surface area contributed by atoms with E-state index < -0.39 is 0 Å². The number of hydrogen-bond acceptors (Lipinski definition) is 1. The Morgan fingerprint density at radius 3 is 1.92 bits per heavy atom. The van der Waals surface area contributed by atoms with E-state index in [9.17, 15) is 0 Å². The first-order valence-corrected chi connectivity index (χ1v) is 5.29. The summed E-state index contributed by atoms with van der Waals surface area (Å²) >= 11 is 0. The quantitative estimate of drug-likeness (QED) is 0.647. The predicted octanol–water partition coefficient (Wildman–Crippen LogP) is 3.06. The van der Waals surface area contributed by atoms with Gasteiger partial charge in [-0.05, 0) is 17.9 Å². The molecule has 0 radical (unpaired) electrons. The van der Waals surface area contributed by atoms with E-state index in [1.807, 2.05) is 0 Å². The topological polar surface area (TPSA) is 12.0 Å². The molecule has 0 atom stereocenters. The highest BCUT2D eigenvalue weighted by Crippen LogP contribution is 2.30. The Balaban J connectivity index is 3.96. The Hall–Kier alpha value is -0.0400. The van der Waals surface area contributed by atoms with E-state index in [1.165, 1.54) is 12.8 Å². The fourth-order valence-corrected chi connectivity index (χ4v) is 1.99. The third-order valence-corrected chi connectivity index (χ3v) is 2.92. The van der Waals surface area contributed by atoms with Crippen molar-refractivity contribution in [2.45, 2.75) is 47.5 Å².